The highest BCUT2D eigenvalue weighted by atomic mass is 35.5. The van der Waals surface area contributed by atoms with Crippen molar-refractivity contribution in [2.45, 2.75) is 37.6 Å². The fourth-order valence-electron chi connectivity index (χ4n) is 3.57. The first kappa shape index (κ1) is 22.5. The number of benzene rings is 2. The van der Waals surface area contributed by atoms with Crippen molar-refractivity contribution in [3.8, 4) is 0 Å². The Balaban J connectivity index is 1.62. The summed E-state index contributed by atoms with van der Waals surface area (Å²) in [4.78, 5) is 24.3. The molecular formula is C22H25ClN2O4S. The average Bonchev–Trinajstić information content (AvgIpc) is 2.73. The Bertz CT molecular complexity index is 1050. The van der Waals surface area contributed by atoms with Gasteiger partial charge in [-0.25, -0.2) is 8.42 Å². The number of carbonyl (C=O) groups is 2. The Labute approximate surface area is 182 Å². The van der Waals surface area contributed by atoms with Crippen LogP contribution in [0.1, 0.15) is 48.7 Å². The molecule has 1 N–H and O–H groups in total. The summed E-state index contributed by atoms with van der Waals surface area (Å²) in [6.45, 7) is 3.82. The Hall–Kier alpha value is -2.22. The molecule has 30 heavy (non-hydrogen) atoms. The second kappa shape index (κ2) is 9.29. The number of hydrogen-bond acceptors (Lipinski definition) is 4. The molecular weight excluding hydrogens is 424 g/mol. The summed E-state index contributed by atoms with van der Waals surface area (Å²) in [5.74, 6) is -0.518. The highest BCUT2D eigenvalue weighted by molar-refractivity contribution is 7.89. The molecule has 1 amide bonds. The van der Waals surface area contributed by atoms with Crippen LogP contribution in [0.4, 0.5) is 0 Å². The topological polar surface area (TPSA) is 83.6 Å². The van der Waals surface area contributed by atoms with Crippen molar-refractivity contribution in [2.75, 3.05) is 13.1 Å². The number of piperidine rings is 1. The van der Waals surface area contributed by atoms with Gasteiger partial charge in [-0.15, -0.1) is 0 Å². The molecule has 0 spiro atoms. The zero-order chi connectivity index (χ0) is 21.9. The molecule has 1 fully saturated rings. The van der Waals surface area contributed by atoms with Crippen LogP contribution in [-0.2, 0) is 14.8 Å². The zero-order valence-corrected chi connectivity index (χ0v) is 18.5. The first-order chi connectivity index (χ1) is 14.2. The molecule has 1 aliphatic rings. The summed E-state index contributed by atoms with van der Waals surface area (Å²) in [5.41, 5.74) is 1.28. The molecule has 1 aliphatic heterocycles. The molecule has 1 unspecified atom stereocenters. The Morgan fingerprint density at radius 2 is 1.77 bits per heavy atom. The summed E-state index contributed by atoms with van der Waals surface area (Å²) >= 11 is 6.02. The predicted molar refractivity (Wildman–Crippen MR) is 116 cm³/mol. The molecule has 2 aromatic carbocycles. The SMILES string of the molecule is CC(=O)c1cccc(S(=O)(=O)N2CCC(C(=O)NC(C)c3cccc(Cl)c3)CC2)c1. The molecule has 0 saturated carbocycles. The van der Waals surface area contributed by atoms with E-state index in [-0.39, 0.29) is 41.6 Å². The molecule has 3 rings (SSSR count). The lowest BCUT2D eigenvalue weighted by molar-refractivity contribution is -0.126. The van der Waals surface area contributed by atoms with Crippen molar-refractivity contribution < 1.29 is 18.0 Å². The number of nitrogens with one attached hydrogen (secondary N) is 1. The van der Waals surface area contributed by atoms with E-state index in [0.29, 0.717) is 23.4 Å². The molecule has 1 saturated heterocycles. The van der Waals surface area contributed by atoms with E-state index in [4.69, 9.17) is 11.6 Å². The maximum Gasteiger partial charge on any atom is 0.243 e. The number of amides is 1. The van der Waals surface area contributed by atoms with Crippen LogP contribution < -0.4 is 5.32 Å². The lowest BCUT2D eigenvalue weighted by Crippen LogP contribution is -2.43. The van der Waals surface area contributed by atoms with E-state index in [1.54, 1.807) is 18.2 Å². The second-order valence-electron chi connectivity index (χ2n) is 7.55. The standard InChI is InChI=1S/C22H25ClN2O4S/c1-15(18-5-3-7-20(23)13-18)24-22(27)17-9-11-25(12-10-17)30(28,29)21-8-4-6-19(14-21)16(2)26/h3-8,13-15,17H,9-12H2,1-2H3,(H,24,27). The van der Waals surface area contributed by atoms with E-state index >= 15 is 0 Å². The van der Waals surface area contributed by atoms with Gasteiger partial charge >= 0.3 is 0 Å². The molecule has 0 aromatic heterocycles. The zero-order valence-electron chi connectivity index (χ0n) is 17.0. The van der Waals surface area contributed by atoms with Gasteiger partial charge in [0.15, 0.2) is 5.78 Å². The van der Waals surface area contributed by atoms with Crippen LogP contribution in [0, 0.1) is 5.92 Å². The molecule has 160 valence electrons. The van der Waals surface area contributed by atoms with Crippen molar-refractivity contribution in [1.82, 2.24) is 9.62 Å². The average molecular weight is 449 g/mol. The molecule has 1 atom stereocenters. The number of carbonyl (C=O) groups excluding carboxylic acids is 2. The van der Waals surface area contributed by atoms with Gasteiger partial charge in [0.05, 0.1) is 10.9 Å². The quantitative estimate of drug-likeness (QED) is 0.681. The van der Waals surface area contributed by atoms with Crippen molar-refractivity contribution in [1.29, 1.82) is 0 Å². The van der Waals surface area contributed by atoms with Gasteiger partial charge in [-0.05, 0) is 56.5 Å². The molecule has 0 aliphatic carbocycles. The fraction of sp³-hybridized carbons (Fsp3) is 0.364. The highest BCUT2D eigenvalue weighted by Gasteiger charge is 2.32. The van der Waals surface area contributed by atoms with E-state index in [9.17, 15) is 18.0 Å². The first-order valence-corrected chi connectivity index (χ1v) is 11.7. The van der Waals surface area contributed by atoms with Crippen molar-refractivity contribution in [3.05, 3.63) is 64.7 Å². The van der Waals surface area contributed by atoms with Crippen molar-refractivity contribution >= 4 is 33.3 Å². The van der Waals surface area contributed by atoms with Gasteiger partial charge in [0.2, 0.25) is 15.9 Å². The normalized spacial score (nSPS) is 16.8. The van der Waals surface area contributed by atoms with Crippen LogP contribution in [0.5, 0.6) is 0 Å². The fourth-order valence-corrected chi connectivity index (χ4v) is 5.29. The predicted octanol–water partition coefficient (Wildman–Crippen LogP) is 3.82. The molecule has 0 bridgehead atoms. The number of Topliss-reactive ketones (excluding diaryl/α,β-unsaturated/α-hetero) is 1. The number of ketones is 1. The Kier molecular flexibility index (Phi) is 6.95. The summed E-state index contributed by atoms with van der Waals surface area (Å²) in [6.07, 6.45) is 0.888. The van der Waals surface area contributed by atoms with Gasteiger partial charge in [-0.2, -0.15) is 4.31 Å². The van der Waals surface area contributed by atoms with Crippen LogP contribution in [0.3, 0.4) is 0 Å². The third-order valence-corrected chi connectivity index (χ3v) is 7.54. The van der Waals surface area contributed by atoms with Gasteiger partial charge < -0.3 is 5.32 Å². The number of nitrogens with zero attached hydrogens (tertiary/aromatic N) is 1. The smallest absolute Gasteiger partial charge is 0.243 e. The van der Waals surface area contributed by atoms with E-state index in [1.807, 2.05) is 25.1 Å². The summed E-state index contributed by atoms with van der Waals surface area (Å²) in [5, 5.41) is 3.61. The maximum atomic E-state index is 12.9. The lowest BCUT2D eigenvalue weighted by Gasteiger charge is -2.31. The minimum atomic E-state index is -3.70. The Morgan fingerprint density at radius 3 is 2.40 bits per heavy atom. The largest absolute Gasteiger partial charge is 0.349 e. The number of rotatable bonds is 6. The molecule has 6 nitrogen and oxygen atoms in total. The third kappa shape index (κ3) is 5.09. The monoisotopic (exact) mass is 448 g/mol. The summed E-state index contributed by atoms with van der Waals surface area (Å²) < 4.78 is 27.3. The number of sulfonamides is 1. The van der Waals surface area contributed by atoms with Gasteiger partial charge in [0, 0.05) is 29.6 Å². The van der Waals surface area contributed by atoms with Gasteiger partial charge in [0.25, 0.3) is 0 Å². The first-order valence-electron chi connectivity index (χ1n) is 9.85. The highest BCUT2D eigenvalue weighted by Crippen LogP contribution is 2.26. The van der Waals surface area contributed by atoms with E-state index in [0.717, 1.165) is 5.56 Å². The lowest BCUT2D eigenvalue weighted by atomic mass is 9.96. The van der Waals surface area contributed by atoms with Crippen LogP contribution in [0.15, 0.2) is 53.4 Å². The van der Waals surface area contributed by atoms with Gasteiger partial charge in [-0.1, -0.05) is 35.9 Å². The molecule has 2 aromatic rings. The number of halogens is 1. The maximum absolute atomic E-state index is 12.9. The van der Waals surface area contributed by atoms with Crippen molar-refractivity contribution in [3.63, 3.8) is 0 Å². The van der Waals surface area contributed by atoms with Crippen LogP contribution in [-0.4, -0.2) is 37.5 Å². The number of hydrogen-bond donors (Lipinski definition) is 1. The van der Waals surface area contributed by atoms with Crippen LogP contribution >= 0.6 is 11.6 Å². The minimum Gasteiger partial charge on any atom is -0.349 e. The second-order valence-corrected chi connectivity index (χ2v) is 9.92. The van der Waals surface area contributed by atoms with E-state index < -0.39 is 10.0 Å². The summed E-state index contributed by atoms with van der Waals surface area (Å²) in [6, 6.07) is 13.2. The van der Waals surface area contributed by atoms with Gasteiger partial charge in [-0.3, -0.25) is 9.59 Å². The van der Waals surface area contributed by atoms with Crippen LogP contribution in [0.2, 0.25) is 5.02 Å². The molecule has 0 radical (unpaired) electrons. The molecule has 1 heterocycles. The summed E-state index contributed by atoms with van der Waals surface area (Å²) in [7, 11) is -3.70. The van der Waals surface area contributed by atoms with E-state index in [2.05, 4.69) is 5.32 Å². The van der Waals surface area contributed by atoms with Crippen LogP contribution in [0.25, 0.3) is 0 Å². The third-order valence-electron chi connectivity index (χ3n) is 5.41. The van der Waals surface area contributed by atoms with Gasteiger partial charge in [0.1, 0.15) is 0 Å². The minimum absolute atomic E-state index is 0.0851. The Morgan fingerprint density at radius 1 is 1.10 bits per heavy atom. The molecule has 8 heteroatoms. The van der Waals surface area contributed by atoms with E-state index in [1.165, 1.54) is 23.4 Å². The van der Waals surface area contributed by atoms with Crippen molar-refractivity contribution in [2.24, 2.45) is 5.92 Å².